The lowest BCUT2D eigenvalue weighted by Crippen LogP contribution is -2.09. The Kier molecular flexibility index (Phi) is 7.66. The molecule has 14 rings (SSSR count). The molecule has 1 aliphatic rings. The molecule has 0 amide bonds. The van der Waals surface area contributed by atoms with Gasteiger partial charge in [-0.25, -0.2) is 15.0 Å². The molecule has 304 valence electrons. The van der Waals surface area contributed by atoms with Gasteiger partial charge in [-0.2, -0.15) is 0 Å². The molecule has 0 saturated heterocycles. The van der Waals surface area contributed by atoms with Gasteiger partial charge in [0.15, 0.2) is 17.5 Å². The van der Waals surface area contributed by atoms with Gasteiger partial charge in [-0.1, -0.05) is 153 Å². The van der Waals surface area contributed by atoms with E-state index in [2.05, 4.69) is 200 Å². The molecule has 1 unspecified atom stereocenters. The van der Waals surface area contributed by atoms with Crippen LogP contribution in [0.15, 0.2) is 199 Å². The number of para-hydroxylation sites is 2. The zero-order valence-electron chi connectivity index (χ0n) is 35.5. The monoisotopic (exact) mass is 830 g/mol. The first-order valence-corrected chi connectivity index (χ1v) is 22.4. The smallest absolute Gasteiger partial charge is 0.166 e. The Hall–Kier alpha value is -8.41. The van der Waals surface area contributed by atoms with E-state index in [1.807, 2.05) is 6.07 Å². The molecular formula is C60H38N4O. The summed E-state index contributed by atoms with van der Waals surface area (Å²) >= 11 is 0. The van der Waals surface area contributed by atoms with Crippen molar-refractivity contribution in [3.8, 4) is 51.0 Å². The molecule has 1 atom stereocenters. The van der Waals surface area contributed by atoms with Crippen LogP contribution in [0.1, 0.15) is 24.0 Å². The molecule has 0 saturated carbocycles. The summed E-state index contributed by atoms with van der Waals surface area (Å²) in [6.07, 6.45) is 0.988. The molecule has 3 heterocycles. The van der Waals surface area contributed by atoms with Gasteiger partial charge in [-0.3, -0.25) is 0 Å². The van der Waals surface area contributed by atoms with E-state index in [1.165, 1.54) is 60.0 Å². The van der Waals surface area contributed by atoms with Gasteiger partial charge in [0.1, 0.15) is 11.2 Å². The Morgan fingerprint density at radius 2 is 1.08 bits per heavy atom. The molecule has 5 nitrogen and oxygen atoms in total. The van der Waals surface area contributed by atoms with Crippen LogP contribution in [-0.2, 0) is 6.42 Å². The second kappa shape index (κ2) is 13.8. The minimum absolute atomic E-state index is 0.339. The summed E-state index contributed by atoms with van der Waals surface area (Å²) in [6.45, 7) is 2.33. The molecule has 65 heavy (non-hydrogen) atoms. The second-order valence-electron chi connectivity index (χ2n) is 17.6. The normalized spacial score (nSPS) is 13.7. The lowest BCUT2D eigenvalue weighted by atomic mass is 9.79. The molecule has 0 bridgehead atoms. The first-order chi connectivity index (χ1) is 32.1. The fourth-order valence-electron chi connectivity index (χ4n) is 10.8. The fourth-order valence-corrected chi connectivity index (χ4v) is 10.8. The van der Waals surface area contributed by atoms with E-state index in [0.29, 0.717) is 23.4 Å². The maximum atomic E-state index is 6.66. The molecule has 1 aliphatic carbocycles. The molecule has 0 N–H and O–H groups in total. The summed E-state index contributed by atoms with van der Waals surface area (Å²) < 4.78 is 9.07. The Morgan fingerprint density at radius 1 is 0.431 bits per heavy atom. The average Bonchev–Trinajstić information content (AvgIpc) is 3.90. The van der Waals surface area contributed by atoms with E-state index in [9.17, 15) is 0 Å². The van der Waals surface area contributed by atoms with Gasteiger partial charge in [-0.15, -0.1) is 0 Å². The summed E-state index contributed by atoms with van der Waals surface area (Å²) in [5.41, 5.74) is 12.9. The van der Waals surface area contributed by atoms with Gasteiger partial charge in [0.25, 0.3) is 0 Å². The highest BCUT2D eigenvalue weighted by molar-refractivity contribution is 6.18. The number of rotatable bonds is 4. The molecule has 0 aliphatic heterocycles. The topological polar surface area (TPSA) is 56.7 Å². The predicted molar refractivity (Wildman–Crippen MR) is 268 cm³/mol. The Balaban J connectivity index is 1.08. The Bertz CT molecular complexity index is 4140. The summed E-state index contributed by atoms with van der Waals surface area (Å²) in [4.78, 5) is 16.4. The van der Waals surface area contributed by atoms with Crippen molar-refractivity contribution in [3.05, 3.63) is 205 Å². The van der Waals surface area contributed by atoms with Gasteiger partial charge in [0.2, 0.25) is 0 Å². The standard InChI is InChI=1S/C60H38N4O/c1-35-30-39-15-5-7-17-44(39)46-27-25-42(33-50(35)46)59-61-58(41-24-26-45-40(31-41)23-22-36-12-4-6-16-43(36)45)62-60(63-59)49-28-29-55-56(48-19-9-11-21-54(48)65-55)57(49)64-52-20-10-8-18-47(52)51-32-37-13-2-3-14-38(37)34-53(51)64/h2-29,31-35H,30H2,1H3. The van der Waals surface area contributed by atoms with Crippen molar-refractivity contribution >= 4 is 76.1 Å². The number of furan rings is 1. The zero-order valence-corrected chi connectivity index (χ0v) is 35.5. The lowest BCUT2D eigenvalue weighted by molar-refractivity contribution is 0.669. The van der Waals surface area contributed by atoms with Crippen LogP contribution in [0.2, 0.25) is 0 Å². The number of hydrogen-bond acceptors (Lipinski definition) is 4. The fraction of sp³-hybridized carbons (Fsp3) is 0.0500. The third-order valence-electron chi connectivity index (χ3n) is 13.8. The highest BCUT2D eigenvalue weighted by Gasteiger charge is 2.26. The molecule has 5 heteroatoms. The molecule has 13 aromatic rings. The van der Waals surface area contributed by atoms with Crippen LogP contribution < -0.4 is 0 Å². The minimum Gasteiger partial charge on any atom is -0.456 e. The van der Waals surface area contributed by atoms with Crippen LogP contribution in [0.4, 0.5) is 0 Å². The average molecular weight is 831 g/mol. The summed E-state index contributed by atoms with van der Waals surface area (Å²) in [7, 11) is 0. The van der Waals surface area contributed by atoms with Gasteiger partial charge in [-0.05, 0) is 115 Å². The van der Waals surface area contributed by atoms with Gasteiger partial charge in [0.05, 0.1) is 22.1 Å². The molecule has 0 spiro atoms. The predicted octanol–water partition coefficient (Wildman–Crippen LogP) is 15.7. The third kappa shape index (κ3) is 5.49. The first-order valence-electron chi connectivity index (χ1n) is 22.4. The maximum absolute atomic E-state index is 6.66. The van der Waals surface area contributed by atoms with E-state index < -0.39 is 0 Å². The van der Waals surface area contributed by atoms with Crippen molar-refractivity contribution in [2.24, 2.45) is 0 Å². The second-order valence-corrected chi connectivity index (χ2v) is 17.6. The molecular weight excluding hydrogens is 793 g/mol. The first kappa shape index (κ1) is 36.1. The van der Waals surface area contributed by atoms with E-state index in [-0.39, 0.29) is 0 Å². The number of nitrogens with zero attached hydrogens (tertiary/aromatic N) is 4. The van der Waals surface area contributed by atoms with Crippen molar-refractivity contribution in [3.63, 3.8) is 0 Å². The van der Waals surface area contributed by atoms with Crippen LogP contribution in [-0.4, -0.2) is 19.5 Å². The Labute approximate surface area is 373 Å². The minimum atomic E-state index is 0.339. The van der Waals surface area contributed by atoms with Crippen LogP contribution in [0.25, 0.3) is 127 Å². The quantitative estimate of drug-likeness (QED) is 0.166. The van der Waals surface area contributed by atoms with Crippen LogP contribution in [0.5, 0.6) is 0 Å². The zero-order chi connectivity index (χ0) is 42.8. The van der Waals surface area contributed by atoms with Crippen LogP contribution >= 0.6 is 0 Å². The molecule has 10 aromatic carbocycles. The maximum Gasteiger partial charge on any atom is 0.166 e. The summed E-state index contributed by atoms with van der Waals surface area (Å²) in [5, 5.41) is 11.6. The van der Waals surface area contributed by atoms with Gasteiger partial charge >= 0.3 is 0 Å². The van der Waals surface area contributed by atoms with Gasteiger partial charge in [0, 0.05) is 32.8 Å². The van der Waals surface area contributed by atoms with Crippen molar-refractivity contribution in [2.45, 2.75) is 19.3 Å². The molecule has 0 fully saturated rings. The van der Waals surface area contributed by atoms with E-state index >= 15 is 0 Å². The number of aromatic nitrogens is 4. The molecule has 3 aromatic heterocycles. The summed E-state index contributed by atoms with van der Waals surface area (Å²) in [6, 6.07) is 69.7. The SMILES string of the molecule is CC1Cc2ccccc2-c2ccc(-c3nc(-c4ccc5c(ccc6ccccc65)c4)nc(-c4ccc5oc6ccccc6c5c4-n4c5ccccc5c5cc6ccccc6cc54)n3)cc21. The van der Waals surface area contributed by atoms with Crippen molar-refractivity contribution in [2.75, 3.05) is 0 Å². The van der Waals surface area contributed by atoms with Crippen molar-refractivity contribution in [1.29, 1.82) is 0 Å². The number of fused-ring (bicyclic) bond motifs is 13. The highest BCUT2D eigenvalue weighted by atomic mass is 16.3. The van der Waals surface area contributed by atoms with Crippen LogP contribution in [0.3, 0.4) is 0 Å². The largest absolute Gasteiger partial charge is 0.456 e. The third-order valence-corrected chi connectivity index (χ3v) is 13.8. The lowest BCUT2D eigenvalue weighted by Gasteiger charge is -2.26. The highest BCUT2D eigenvalue weighted by Crippen LogP contribution is 2.45. The van der Waals surface area contributed by atoms with Crippen LogP contribution in [0, 0.1) is 0 Å². The van der Waals surface area contributed by atoms with Crippen molar-refractivity contribution in [1.82, 2.24) is 19.5 Å². The van der Waals surface area contributed by atoms with Crippen molar-refractivity contribution < 1.29 is 4.42 Å². The number of benzene rings is 10. The Morgan fingerprint density at radius 3 is 1.95 bits per heavy atom. The van der Waals surface area contributed by atoms with E-state index in [0.717, 1.165) is 67.2 Å². The molecule has 0 radical (unpaired) electrons. The van der Waals surface area contributed by atoms with E-state index in [1.54, 1.807) is 0 Å². The van der Waals surface area contributed by atoms with E-state index in [4.69, 9.17) is 19.4 Å². The number of hydrogen-bond donors (Lipinski definition) is 0. The summed E-state index contributed by atoms with van der Waals surface area (Å²) in [5.74, 6) is 2.18. The van der Waals surface area contributed by atoms with Gasteiger partial charge < -0.3 is 8.98 Å².